The molecule has 9 rings (SSSR count). The van der Waals surface area contributed by atoms with Crippen LogP contribution in [0.3, 0.4) is 0 Å². The predicted octanol–water partition coefficient (Wildman–Crippen LogP) is 13.7. The molecule has 0 bridgehead atoms. The average Bonchev–Trinajstić information content (AvgIpc) is 3.10. The van der Waals surface area contributed by atoms with E-state index in [0.717, 1.165) is 5.57 Å². The van der Waals surface area contributed by atoms with Gasteiger partial charge in [0.2, 0.25) is 0 Å². The van der Waals surface area contributed by atoms with Crippen molar-refractivity contribution in [2.45, 2.75) is 20.8 Å². The molecule has 9 aromatic rings. The second-order valence-electron chi connectivity index (χ2n) is 13.2. The normalized spacial score (nSPS) is 12.4. The average molecular weight is 599 g/mol. The Morgan fingerprint density at radius 3 is 1.38 bits per heavy atom. The van der Waals surface area contributed by atoms with Crippen molar-refractivity contribution in [3.8, 4) is 22.3 Å². The van der Waals surface area contributed by atoms with E-state index in [4.69, 9.17) is 0 Å². The molecule has 0 unspecified atom stereocenters. The van der Waals surface area contributed by atoms with E-state index < -0.39 is 0 Å². The van der Waals surface area contributed by atoms with Crippen molar-refractivity contribution in [3.05, 3.63) is 163 Å². The highest BCUT2D eigenvalue weighted by molar-refractivity contribution is 6.31. The Morgan fingerprint density at radius 1 is 0.447 bits per heavy atom. The van der Waals surface area contributed by atoms with Crippen LogP contribution in [-0.4, -0.2) is 0 Å². The first-order chi connectivity index (χ1) is 23.0. The van der Waals surface area contributed by atoms with Crippen LogP contribution in [-0.2, 0) is 0 Å². The smallest absolute Gasteiger partial charge is 0.00203 e. The van der Waals surface area contributed by atoms with Gasteiger partial charge in [-0.15, -0.1) is 0 Å². The molecule has 0 nitrogen and oxygen atoms in total. The Labute approximate surface area is 275 Å². The second kappa shape index (κ2) is 10.4. The van der Waals surface area contributed by atoms with Gasteiger partial charge in [0.25, 0.3) is 0 Å². The van der Waals surface area contributed by atoms with Gasteiger partial charge in [0, 0.05) is 0 Å². The lowest BCUT2D eigenvalue weighted by atomic mass is 9.84. The Balaban J connectivity index is 1.32. The maximum atomic E-state index is 4.17. The molecule has 222 valence electrons. The highest BCUT2D eigenvalue weighted by Crippen LogP contribution is 2.46. The number of hydrogen-bond acceptors (Lipinski definition) is 0. The summed E-state index contributed by atoms with van der Waals surface area (Å²) in [5, 5.41) is 15.6. The quantitative estimate of drug-likeness (QED) is 0.137. The molecule has 0 saturated carbocycles. The predicted molar refractivity (Wildman–Crippen MR) is 207 cm³/mol. The van der Waals surface area contributed by atoms with Gasteiger partial charge in [-0.2, -0.15) is 0 Å². The van der Waals surface area contributed by atoms with Gasteiger partial charge in [-0.1, -0.05) is 157 Å². The fourth-order valence-corrected chi connectivity index (χ4v) is 7.83. The van der Waals surface area contributed by atoms with Crippen molar-refractivity contribution in [2.24, 2.45) is 0 Å². The Bertz CT molecular complexity index is 2750. The molecule has 0 heterocycles. The van der Waals surface area contributed by atoms with Crippen molar-refractivity contribution >= 4 is 70.2 Å². The maximum absolute atomic E-state index is 4.17. The number of benzene rings is 9. The largest absolute Gasteiger partial charge is 0.0984 e. The molecule has 0 saturated heterocycles. The molecule has 47 heavy (non-hydrogen) atoms. The van der Waals surface area contributed by atoms with E-state index >= 15 is 0 Å². The van der Waals surface area contributed by atoms with Crippen LogP contribution in [0.2, 0.25) is 0 Å². The van der Waals surface area contributed by atoms with E-state index in [2.05, 4.69) is 161 Å². The molecule has 0 heteroatoms. The topological polar surface area (TPSA) is 0 Å². The number of rotatable bonds is 5. The van der Waals surface area contributed by atoms with Crippen molar-refractivity contribution in [1.82, 2.24) is 0 Å². The highest BCUT2D eigenvalue weighted by Gasteiger charge is 2.18. The molecule has 0 aliphatic carbocycles. The lowest BCUT2D eigenvalue weighted by Gasteiger charge is -2.19. The van der Waals surface area contributed by atoms with Gasteiger partial charge >= 0.3 is 0 Å². The van der Waals surface area contributed by atoms with E-state index in [1.807, 2.05) is 6.08 Å². The monoisotopic (exact) mass is 598 g/mol. The summed E-state index contributed by atoms with van der Waals surface area (Å²) in [6.07, 6.45) is 6.34. The third-order valence-electron chi connectivity index (χ3n) is 10.1. The van der Waals surface area contributed by atoms with E-state index in [-0.39, 0.29) is 0 Å². The summed E-state index contributed by atoms with van der Waals surface area (Å²) in [4.78, 5) is 0. The van der Waals surface area contributed by atoms with Crippen LogP contribution < -0.4 is 0 Å². The Morgan fingerprint density at radius 2 is 0.872 bits per heavy atom. The molecule has 0 radical (unpaired) electrons. The summed E-state index contributed by atoms with van der Waals surface area (Å²) >= 11 is 0. The summed E-state index contributed by atoms with van der Waals surface area (Å²) in [6.45, 7) is 10.6. The maximum Gasteiger partial charge on any atom is -0.00203 e. The number of allylic oxidation sites excluding steroid dienone is 5. The number of aryl methyl sites for hydroxylation is 1. The van der Waals surface area contributed by atoms with Gasteiger partial charge in [0.15, 0.2) is 0 Å². The molecule has 0 spiro atoms. The van der Waals surface area contributed by atoms with Crippen LogP contribution in [0.4, 0.5) is 0 Å². The molecule has 0 aromatic heterocycles. The minimum absolute atomic E-state index is 1.14. The van der Waals surface area contributed by atoms with Crippen LogP contribution in [0.1, 0.15) is 25.0 Å². The first-order valence-corrected chi connectivity index (χ1v) is 16.5. The molecule has 0 amide bonds. The fourth-order valence-electron chi connectivity index (χ4n) is 7.83. The molecular weight excluding hydrogens is 565 g/mol. The minimum atomic E-state index is 1.14. The van der Waals surface area contributed by atoms with Crippen LogP contribution in [0.15, 0.2) is 152 Å². The first-order valence-electron chi connectivity index (χ1n) is 16.5. The van der Waals surface area contributed by atoms with E-state index in [1.54, 1.807) is 0 Å². The van der Waals surface area contributed by atoms with Gasteiger partial charge in [0.1, 0.15) is 0 Å². The fraction of sp³-hybridized carbons (Fsp3) is 0.0638. The summed E-state index contributed by atoms with van der Waals surface area (Å²) < 4.78 is 0. The third kappa shape index (κ3) is 4.15. The molecule has 0 aliphatic heterocycles. The van der Waals surface area contributed by atoms with E-state index in [0.29, 0.717) is 0 Å². The zero-order chi connectivity index (χ0) is 31.8. The summed E-state index contributed by atoms with van der Waals surface area (Å²) in [5.74, 6) is 0. The van der Waals surface area contributed by atoms with Gasteiger partial charge in [-0.3, -0.25) is 0 Å². The lowest BCUT2D eigenvalue weighted by Crippen LogP contribution is -1.92. The van der Waals surface area contributed by atoms with Gasteiger partial charge in [-0.25, -0.2) is 0 Å². The Kier molecular flexibility index (Phi) is 6.11. The molecule has 0 N–H and O–H groups in total. The highest BCUT2D eigenvalue weighted by atomic mass is 14.2. The molecule has 0 aliphatic rings. The SMILES string of the molecule is C=C/C(=C\C=C(C)C)c1ccc2ccc3c(-c4ccc5ccc6c(-c7ccc(C)cc7)ccc7ccc4c5c76)ccc4ccc1c2c43. The van der Waals surface area contributed by atoms with Gasteiger partial charge in [0.05, 0.1) is 0 Å². The van der Waals surface area contributed by atoms with E-state index in [9.17, 15) is 0 Å². The van der Waals surface area contributed by atoms with Crippen LogP contribution in [0, 0.1) is 6.92 Å². The van der Waals surface area contributed by atoms with Crippen molar-refractivity contribution in [1.29, 1.82) is 0 Å². The molecule has 0 fully saturated rings. The van der Waals surface area contributed by atoms with Gasteiger partial charge < -0.3 is 0 Å². The van der Waals surface area contributed by atoms with Crippen LogP contribution in [0.5, 0.6) is 0 Å². The standard InChI is InChI=1S/C47H34/c1-5-30(9-6-28(2)3)36-20-12-32-18-26-42-38(22-14-34-16-24-40(36)44(32)46(34)42)39-23-15-35-17-25-41-37(31-10-7-29(4)8-11-31)21-13-33-19-27-43(39)47(35)45(33)41/h5-27H,1H2,2-4H3/b30-9+. The first kappa shape index (κ1) is 27.6. The lowest BCUT2D eigenvalue weighted by molar-refractivity contribution is 1.39. The summed E-state index contributed by atoms with van der Waals surface area (Å²) in [5.41, 5.74) is 10.0. The zero-order valence-corrected chi connectivity index (χ0v) is 27.0. The summed E-state index contributed by atoms with van der Waals surface area (Å²) in [7, 11) is 0. The zero-order valence-electron chi connectivity index (χ0n) is 27.0. The molecular formula is C47H34. The summed E-state index contributed by atoms with van der Waals surface area (Å²) in [6, 6.07) is 45.8. The Hall–Kier alpha value is -5.72. The van der Waals surface area contributed by atoms with Crippen LogP contribution >= 0.6 is 0 Å². The molecule has 9 aromatic carbocycles. The van der Waals surface area contributed by atoms with E-state index in [1.165, 1.54) is 104 Å². The third-order valence-corrected chi connectivity index (χ3v) is 10.1. The van der Waals surface area contributed by atoms with Crippen molar-refractivity contribution in [3.63, 3.8) is 0 Å². The van der Waals surface area contributed by atoms with Crippen LogP contribution in [0.25, 0.3) is 92.5 Å². The number of hydrogen-bond donors (Lipinski definition) is 0. The minimum Gasteiger partial charge on any atom is -0.0984 e. The van der Waals surface area contributed by atoms with Crippen molar-refractivity contribution in [2.75, 3.05) is 0 Å². The van der Waals surface area contributed by atoms with Crippen molar-refractivity contribution < 1.29 is 0 Å². The van der Waals surface area contributed by atoms with Gasteiger partial charge in [-0.05, 0) is 119 Å². The molecule has 0 atom stereocenters. The second-order valence-corrected chi connectivity index (χ2v) is 13.2.